The van der Waals surface area contributed by atoms with Crippen LogP contribution in [0, 0.1) is 17.8 Å². The van der Waals surface area contributed by atoms with Crippen LogP contribution in [0.25, 0.3) is 0 Å². The van der Waals surface area contributed by atoms with E-state index >= 15 is 0 Å². The first-order valence-corrected chi connectivity index (χ1v) is 8.40. The number of carbonyl (C=O) groups excluding carboxylic acids is 1. The molecule has 112 valence electrons. The molecule has 0 spiro atoms. The summed E-state index contributed by atoms with van der Waals surface area (Å²) in [5.41, 5.74) is 0.0773. The second-order valence-electron chi connectivity index (χ2n) is 7.70. The molecule has 5 aliphatic rings. The highest BCUT2D eigenvalue weighted by molar-refractivity contribution is 5.68. The van der Waals surface area contributed by atoms with E-state index in [-0.39, 0.29) is 17.7 Å². The van der Waals surface area contributed by atoms with Crippen LogP contribution in [0.2, 0.25) is 0 Å². The van der Waals surface area contributed by atoms with Crippen molar-refractivity contribution in [3.05, 3.63) is 0 Å². The minimum absolute atomic E-state index is 0.0673. The molecule has 5 rings (SSSR count). The maximum absolute atomic E-state index is 12.2. The Morgan fingerprint density at radius 2 is 1.75 bits per heavy atom. The second kappa shape index (κ2) is 4.90. The molecular weight excluding hydrogens is 252 g/mol. The number of ether oxygens (including phenoxy) is 1. The largest absolute Gasteiger partial charge is 0.445 e. The number of rotatable bonds is 2. The number of nitrogens with one attached hydrogen (secondary N) is 2. The van der Waals surface area contributed by atoms with Crippen molar-refractivity contribution in [1.82, 2.24) is 10.6 Å². The quantitative estimate of drug-likeness (QED) is 0.815. The minimum Gasteiger partial charge on any atom is -0.445 e. The fourth-order valence-electron chi connectivity index (χ4n) is 5.58. The molecule has 2 N–H and O–H groups in total. The Balaban J connectivity index is 1.37. The van der Waals surface area contributed by atoms with Crippen molar-refractivity contribution in [3.8, 4) is 0 Å². The zero-order valence-electron chi connectivity index (χ0n) is 12.2. The van der Waals surface area contributed by atoms with Crippen molar-refractivity contribution < 1.29 is 9.53 Å². The summed E-state index contributed by atoms with van der Waals surface area (Å²) in [5, 5.41) is 6.58. The first-order valence-electron chi connectivity index (χ1n) is 8.40. The van der Waals surface area contributed by atoms with Crippen LogP contribution >= 0.6 is 0 Å². The van der Waals surface area contributed by atoms with E-state index in [4.69, 9.17) is 4.74 Å². The normalized spacial score (nSPS) is 46.2. The van der Waals surface area contributed by atoms with Gasteiger partial charge in [0.15, 0.2) is 0 Å². The molecule has 1 amide bonds. The average Bonchev–Trinajstić information content (AvgIpc) is 2.37. The van der Waals surface area contributed by atoms with Crippen LogP contribution in [0.3, 0.4) is 0 Å². The van der Waals surface area contributed by atoms with Gasteiger partial charge >= 0.3 is 6.09 Å². The molecule has 0 radical (unpaired) electrons. The van der Waals surface area contributed by atoms with E-state index in [0.29, 0.717) is 0 Å². The zero-order valence-corrected chi connectivity index (χ0v) is 12.2. The molecule has 1 aliphatic heterocycles. The fourth-order valence-corrected chi connectivity index (χ4v) is 5.58. The van der Waals surface area contributed by atoms with Crippen molar-refractivity contribution in [2.45, 2.75) is 63.0 Å². The molecule has 4 nitrogen and oxygen atoms in total. The Morgan fingerprint density at radius 3 is 2.30 bits per heavy atom. The first kappa shape index (κ1) is 12.9. The van der Waals surface area contributed by atoms with Gasteiger partial charge in [0, 0.05) is 12.1 Å². The van der Waals surface area contributed by atoms with Crippen LogP contribution in [-0.2, 0) is 4.74 Å². The highest BCUT2D eigenvalue weighted by Gasteiger charge is 2.51. The molecule has 20 heavy (non-hydrogen) atoms. The van der Waals surface area contributed by atoms with Crippen LogP contribution in [0.15, 0.2) is 0 Å². The van der Waals surface area contributed by atoms with Gasteiger partial charge in [0.1, 0.15) is 6.10 Å². The number of carbonyl (C=O) groups is 1. The van der Waals surface area contributed by atoms with Crippen molar-refractivity contribution >= 4 is 6.09 Å². The van der Waals surface area contributed by atoms with E-state index in [9.17, 15) is 4.79 Å². The van der Waals surface area contributed by atoms with E-state index in [1.807, 2.05) is 0 Å². The van der Waals surface area contributed by atoms with Gasteiger partial charge in [-0.1, -0.05) is 0 Å². The van der Waals surface area contributed by atoms with Gasteiger partial charge in [-0.3, -0.25) is 0 Å². The molecule has 1 saturated heterocycles. The molecule has 1 atom stereocenters. The Morgan fingerprint density at radius 1 is 1.10 bits per heavy atom. The van der Waals surface area contributed by atoms with Gasteiger partial charge in [0.2, 0.25) is 0 Å². The lowest BCUT2D eigenvalue weighted by Gasteiger charge is -2.56. The molecule has 1 heterocycles. The molecule has 4 bridgehead atoms. The lowest BCUT2D eigenvalue weighted by atomic mass is 9.53. The Labute approximate surface area is 121 Å². The maximum atomic E-state index is 12.2. The summed E-state index contributed by atoms with van der Waals surface area (Å²) < 4.78 is 5.62. The molecule has 0 aromatic rings. The van der Waals surface area contributed by atoms with Crippen molar-refractivity contribution in [2.24, 2.45) is 17.8 Å². The molecule has 4 heteroatoms. The fraction of sp³-hybridized carbons (Fsp3) is 0.938. The van der Waals surface area contributed by atoms with E-state index in [2.05, 4.69) is 10.6 Å². The van der Waals surface area contributed by atoms with Crippen molar-refractivity contribution in [2.75, 3.05) is 13.1 Å². The molecule has 4 aliphatic carbocycles. The number of amides is 1. The highest BCUT2D eigenvalue weighted by Crippen LogP contribution is 2.55. The van der Waals surface area contributed by atoms with E-state index in [0.717, 1.165) is 43.7 Å². The molecular formula is C16H26N2O2. The molecule has 4 saturated carbocycles. The molecule has 0 aromatic carbocycles. The number of hydrogen-bond acceptors (Lipinski definition) is 3. The Kier molecular flexibility index (Phi) is 3.17. The minimum atomic E-state index is -0.166. The van der Waals surface area contributed by atoms with E-state index in [1.54, 1.807) is 0 Å². The monoisotopic (exact) mass is 278 g/mol. The maximum Gasteiger partial charge on any atom is 0.407 e. The summed E-state index contributed by atoms with van der Waals surface area (Å²) in [4.78, 5) is 12.2. The van der Waals surface area contributed by atoms with Gasteiger partial charge in [-0.25, -0.2) is 4.79 Å². The standard InChI is InChI=1S/C16H26N2O2/c19-15(20-14-2-1-3-17-10-14)18-16-7-11-4-12(8-16)6-13(5-11)9-16/h11-14,17H,1-10H2,(H,18,19)/t11?,12?,13?,14-,16?/m0/s1. The van der Waals surface area contributed by atoms with Gasteiger partial charge in [-0.15, -0.1) is 0 Å². The van der Waals surface area contributed by atoms with Gasteiger partial charge in [0.05, 0.1) is 0 Å². The van der Waals surface area contributed by atoms with Crippen molar-refractivity contribution in [1.29, 1.82) is 0 Å². The lowest BCUT2D eigenvalue weighted by Crippen LogP contribution is -2.60. The third-order valence-electron chi connectivity index (χ3n) is 5.93. The van der Waals surface area contributed by atoms with E-state index in [1.165, 1.54) is 38.5 Å². The zero-order chi connectivity index (χ0) is 13.6. The van der Waals surface area contributed by atoms with Gasteiger partial charge in [-0.2, -0.15) is 0 Å². The molecule has 5 fully saturated rings. The van der Waals surface area contributed by atoms with Gasteiger partial charge < -0.3 is 15.4 Å². The summed E-state index contributed by atoms with van der Waals surface area (Å²) in [6.45, 7) is 1.87. The molecule has 0 unspecified atom stereocenters. The van der Waals surface area contributed by atoms with Crippen LogP contribution in [0.4, 0.5) is 4.79 Å². The summed E-state index contributed by atoms with van der Waals surface area (Å²) in [6.07, 6.45) is 9.80. The first-order chi connectivity index (χ1) is 9.71. The Bertz CT molecular complexity index is 355. The predicted molar refractivity (Wildman–Crippen MR) is 76.4 cm³/mol. The lowest BCUT2D eigenvalue weighted by molar-refractivity contribution is -0.0228. The van der Waals surface area contributed by atoms with Gasteiger partial charge in [0.25, 0.3) is 0 Å². The van der Waals surface area contributed by atoms with Crippen molar-refractivity contribution in [3.63, 3.8) is 0 Å². The SMILES string of the molecule is O=C(NC12CC3CC(CC(C3)C1)C2)O[C@H]1CCCNC1. The number of hydrogen-bond donors (Lipinski definition) is 2. The summed E-state index contributed by atoms with van der Waals surface area (Å²) in [6, 6.07) is 0. The van der Waals surface area contributed by atoms with E-state index < -0.39 is 0 Å². The summed E-state index contributed by atoms with van der Waals surface area (Å²) in [5.74, 6) is 2.58. The molecule has 0 aromatic heterocycles. The Hall–Kier alpha value is -0.770. The third-order valence-corrected chi connectivity index (χ3v) is 5.93. The third kappa shape index (κ3) is 2.43. The highest BCUT2D eigenvalue weighted by atomic mass is 16.6. The summed E-state index contributed by atoms with van der Waals surface area (Å²) >= 11 is 0. The average molecular weight is 278 g/mol. The van der Waals surface area contributed by atoms with Gasteiger partial charge in [-0.05, 0) is 75.7 Å². The smallest absolute Gasteiger partial charge is 0.407 e. The van der Waals surface area contributed by atoms with Crippen LogP contribution in [0.1, 0.15) is 51.4 Å². The topological polar surface area (TPSA) is 50.4 Å². The van der Waals surface area contributed by atoms with Crippen LogP contribution in [-0.4, -0.2) is 30.8 Å². The number of alkyl carbamates (subject to hydrolysis) is 1. The second-order valence-corrected chi connectivity index (χ2v) is 7.70. The van der Waals surface area contributed by atoms with Crippen LogP contribution in [0.5, 0.6) is 0 Å². The number of piperidine rings is 1. The van der Waals surface area contributed by atoms with Crippen LogP contribution < -0.4 is 10.6 Å². The predicted octanol–water partition coefficient (Wildman–Crippen LogP) is 2.43. The summed E-state index contributed by atoms with van der Waals surface area (Å²) in [7, 11) is 0.